The second kappa shape index (κ2) is 7.91. The Labute approximate surface area is 150 Å². The average Bonchev–Trinajstić information content (AvgIpc) is 2.61. The minimum Gasteiger partial charge on any atom is -0.387 e. The van der Waals surface area contributed by atoms with E-state index in [0.717, 1.165) is 6.54 Å². The first-order valence-electron chi connectivity index (χ1n) is 9.95. The van der Waals surface area contributed by atoms with Gasteiger partial charge in [0.15, 0.2) is 0 Å². The number of ether oxygens (including phenoxy) is 1. The molecule has 0 aromatic carbocycles. The summed E-state index contributed by atoms with van der Waals surface area (Å²) in [5.74, 6) is 0.744. The van der Waals surface area contributed by atoms with Gasteiger partial charge in [0.25, 0.3) is 0 Å². The van der Waals surface area contributed by atoms with E-state index in [-0.39, 0.29) is 5.91 Å². The van der Waals surface area contributed by atoms with Crippen LogP contribution in [-0.2, 0) is 9.53 Å². The topological polar surface area (TPSA) is 82.0 Å². The summed E-state index contributed by atoms with van der Waals surface area (Å²) in [6, 6.07) is 0. The summed E-state index contributed by atoms with van der Waals surface area (Å²) >= 11 is 0. The van der Waals surface area contributed by atoms with E-state index < -0.39 is 17.3 Å². The SMILES string of the molecule is C[C@@]1(O)CCOC2(CCN(CC(=O)NCC3CCCCC3)CC2)[C@H]1O. The average molecular weight is 354 g/mol. The fraction of sp³-hybridized carbons (Fsp3) is 0.947. The van der Waals surface area contributed by atoms with Gasteiger partial charge in [-0.25, -0.2) is 0 Å². The lowest BCUT2D eigenvalue weighted by molar-refractivity contribution is -0.246. The van der Waals surface area contributed by atoms with Gasteiger partial charge >= 0.3 is 0 Å². The molecular formula is C19H34N2O4. The van der Waals surface area contributed by atoms with Gasteiger partial charge in [-0.3, -0.25) is 9.69 Å². The second-order valence-electron chi connectivity index (χ2n) is 8.51. The van der Waals surface area contributed by atoms with E-state index >= 15 is 0 Å². The van der Waals surface area contributed by atoms with Crippen LogP contribution in [0.25, 0.3) is 0 Å². The van der Waals surface area contributed by atoms with Crippen molar-refractivity contribution >= 4 is 5.91 Å². The molecular weight excluding hydrogens is 320 g/mol. The molecule has 3 rings (SSSR count). The maximum absolute atomic E-state index is 12.2. The number of carbonyl (C=O) groups excluding carboxylic acids is 1. The van der Waals surface area contributed by atoms with E-state index in [4.69, 9.17) is 4.74 Å². The van der Waals surface area contributed by atoms with Gasteiger partial charge in [0.05, 0.1) is 24.4 Å². The van der Waals surface area contributed by atoms with Crippen molar-refractivity contribution in [3.05, 3.63) is 0 Å². The van der Waals surface area contributed by atoms with Crippen LogP contribution in [-0.4, -0.2) is 71.1 Å². The lowest BCUT2D eigenvalue weighted by atomic mass is 9.75. The summed E-state index contributed by atoms with van der Waals surface area (Å²) in [7, 11) is 0. The van der Waals surface area contributed by atoms with Gasteiger partial charge in [-0.05, 0) is 38.5 Å². The molecule has 25 heavy (non-hydrogen) atoms. The van der Waals surface area contributed by atoms with Crippen LogP contribution in [0.3, 0.4) is 0 Å². The third-order valence-electron chi connectivity index (χ3n) is 6.47. The number of nitrogens with one attached hydrogen (secondary N) is 1. The minimum absolute atomic E-state index is 0.0960. The Morgan fingerprint density at radius 3 is 2.56 bits per heavy atom. The molecule has 3 fully saturated rings. The molecule has 2 saturated heterocycles. The number of rotatable bonds is 4. The fourth-order valence-electron chi connectivity index (χ4n) is 4.66. The Morgan fingerprint density at radius 1 is 1.20 bits per heavy atom. The minimum atomic E-state index is -1.09. The van der Waals surface area contributed by atoms with Crippen molar-refractivity contribution in [3.8, 4) is 0 Å². The zero-order valence-electron chi connectivity index (χ0n) is 15.5. The molecule has 1 saturated carbocycles. The Kier molecular flexibility index (Phi) is 6.03. The first kappa shape index (κ1) is 19.1. The lowest BCUT2D eigenvalue weighted by Gasteiger charge is -2.51. The largest absolute Gasteiger partial charge is 0.387 e. The molecule has 2 aliphatic heterocycles. The van der Waals surface area contributed by atoms with E-state index in [1.807, 2.05) is 0 Å². The lowest BCUT2D eigenvalue weighted by Crippen LogP contribution is -2.64. The molecule has 0 aromatic rings. The van der Waals surface area contributed by atoms with Crippen molar-refractivity contribution in [1.82, 2.24) is 10.2 Å². The van der Waals surface area contributed by atoms with Gasteiger partial charge in [0.2, 0.25) is 5.91 Å². The normalized spacial score (nSPS) is 34.1. The highest BCUT2D eigenvalue weighted by molar-refractivity contribution is 5.78. The van der Waals surface area contributed by atoms with Crippen molar-refractivity contribution in [2.45, 2.75) is 75.6 Å². The first-order valence-corrected chi connectivity index (χ1v) is 9.95. The molecule has 3 N–H and O–H groups in total. The smallest absolute Gasteiger partial charge is 0.234 e. The molecule has 6 nitrogen and oxygen atoms in total. The van der Waals surface area contributed by atoms with Crippen LogP contribution in [0.4, 0.5) is 0 Å². The predicted octanol–water partition coefficient (Wildman–Crippen LogP) is 1.05. The molecule has 0 radical (unpaired) electrons. The Hall–Kier alpha value is -0.690. The van der Waals surface area contributed by atoms with Crippen molar-refractivity contribution in [1.29, 1.82) is 0 Å². The van der Waals surface area contributed by atoms with E-state index in [1.165, 1.54) is 32.1 Å². The monoisotopic (exact) mass is 354 g/mol. The summed E-state index contributed by atoms with van der Waals surface area (Å²) in [5.41, 5.74) is -1.74. The van der Waals surface area contributed by atoms with E-state index in [0.29, 0.717) is 51.4 Å². The number of carbonyl (C=O) groups is 1. The zero-order chi connectivity index (χ0) is 17.9. The van der Waals surface area contributed by atoms with Gasteiger partial charge in [-0.2, -0.15) is 0 Å². The number of aliphatic hydroxyl groups excluding tert-OH is 1. The van der Waals surface area contributed by atoms with Crippen LogP contribution >= 0.6 is 0 Å². The van der Waals surface area contributed by atoms with Crippen LogP contribution in [0.15, 0.2) is 0 Å². The van der Waals surface area contributed by atoms with Gasteiger partial charge in [-0.15, -0.1) is 0 Å². The third-order valence-corrected chi connectivity index (χ3v) is 6.47. The molecule has 0 unspecified atom stereocenters. The summed E-state index contributed by atoms with van der Waals surface area (Å²) in [6.45, 7) is 4.81. The van der Waals surface area contributed by atoms with Crippen molar-refractivity contribution < 1.29 is 19.7 Å². The van der Waals surface area contributed by atoms with Crippen molar-refractivity contribution in [2.24, 2.45) is 5.92 Å². The maximum Gasteiger partial charge on any atom is 0.234 e. The molecule has 1 spiro atoms. The highest BCUT2D eigenvalue weighted by Crippen LogP contribution is 2.39. The van der Waals surface area contributed by atoms with E-state index in [1.54, 1.807) is 6.92 Å². The highest BCUT2D eigenvalue weighted by atomic mass is 16.5. The van der Waals surface area contributed by atoms with Crippen LogP contribution in [0, 0.1) is 5.92 Å². The molecule has 2 heterocycles. The number of hydrogen-bond donors (Lipinski definition) is 3. The van der Waals surface area contributed by atoms with Gasteiger partial charge in [0, 0.05) is 26.1 Å². The van der Waals surface area contributed by atoms with Crippen molar-refractivity contribution in [3.63, 3.8) is 0 Å². The van der Waals surface area contributed by atoms with Crippen LogP contribution < -0.4 is 5.32 Å². The number of likely N-dealkylation sites (tertiary alicyclic amines) is 1. The Morgan fingerprint density at radius 2 is 1.88 bits per heavy atom. The molecule has 1 aliphatic carbocycles. The number of hydrogen-bond acceptors (Lipinski definition) is 5. The summed E-state index contributed by atoms with van der Waals surface area (Å²) in [6.07, 6.45) is 7.30. The molecule has 0 bridgehead atoms. The highest BCUT2D eigenvalue weighted by Gasteiger charge is 2.52. The van der Waals surface area contributed by atoms with Gasteiger partial charge < -0.3 is 20.3 Å². The molecule has 2 atom stereocenters. The number of aliphatic hydroxyl groups is 2. The molecule has 144 valence electrons. The first-order chi connectivity index (χ1) is 11.9. The van der Waals surface area contributed by atoms with Gasteiger partial charge in [0.1, 0.15) is 6.10 Å². The van der Waals surface area contributed by atoms with E-state index in [2.05, 4.69) is 10.2 Å². The summed E-state index contributed by atoms with van der Waals surface area (Å²) in [4.78, 5) is 14.3. The zero-order valence-corrected chi connectivity index (χ0v) is 15.5. The fourth-order valence-corrected chi connectivity index (χ4v) is 4.66. The molecule has 6 heteroatoms. The maximum atomic E-state index is 12.2. The Bertz CT molecular complexity index is 454. The molecule has 3 aliphatic rings. The second-order valence-corrected chi connectivity index (χ2v) is 8.51. The number of piperidine rings is 1. The summed E-state index contributed by atoms with van der Waals surface area (Å²) < 4.78 is 5.90. The standard InChI is InChI=1S/C19H34N2O4/c1-18(24)9-12-25-19(17(18)23)7-10-21(11-8-19)14-16(22)20-13-15-5-3-2-4-6-15/h15,17,23-24H,2-14H2,1H3,(H,20,22)/t17-,18+/m0/s1. The molecule has 0 aromatic heterocycles. The number of nitrogens with zero attached hydrogens (tertiary/aromatic N) is 1. The van der Waals surface area contributed by atoms with Crippen LogP contribution in [0.1, 0.15) is 58.3 Å². The Balaban J connectivity index is 1.42. The summed E-state index contributed by atoms with van der Waals surface area (Å²) in [5, 5.41) is 24.0. The van der Waals surface area contributed by atoms with Crippen LogP contribution in [0.5, 0.6) is 0 Å². The van der Waals surface area contributed by atoms with Crippen LogP contribution in [0.2, 0.25) is 0 Å². The van der Waals surface area contributed by atoms with Gasteiger partial charge in [-0.1, -0.05) is 19.3 Å². The number of amides is 1. The van der Waals surface area contributed by atoms with Crippen molar-refractivity contribution in [2.75, 3.05) is 32.8 Å². The molecule has 1 amide bonds. The quantitative estimate of drug-likeness (QED) is 0.703. The van der Waals surface area contributed by atoms with E-state index in [9.17, 15) is 15.0 Å². The predicted molar refractivity (Wildman–Crippen MR) is 95.2 cm³/mol. The third kappa shape index (κ3) is 4.54.